The third-order valence-electron chi connectivity index (χ3n) is 3.81. The second kappa shape index (κ2) is 4.63. The second-order valence-electron chi connectivity index (χ2n) is 5.31. The molecule has 0 spiro atoms. The van der Waals surface area contributed by atoms with Gasteiger partial charge in [-0.25, -0.2) is 0 Å². The molecule has 2 nitrogen and oxygen atoms in total. The van der Waals surface area contributed by atoms with Crippen molar-refractivity contribution in [3.8, 4) is 0 Å². The molecular weight excluding hydrogens is 210 g/mol. The molecule has 0 saturated heterocycles. The van der Waals surface area contributed by atoms with Crippen molar-refractivity contribution in [1.82, 2.24) is 0 Å². The van der Waals surface area contributed by atoms with Crippen molar-refractivity contribution < 1.29 is 5.11 Å². The summed E-state index contributed by atoms with van der Waals surface area (Å²) in [4.78, 5) is 0. The Labute approximate surface area is 103 Å². The van der Waals surface area contributed by atoms with Crippen molar-refractivity contribution in [2.45, 2.75) is 39.3 Å². The summed E-state index contributed by atoms with van der Waals surface area (Å²) in [6.45, 7) is 4.57. The highest BCUT2D eigenvalue weighted by molar-refractivity contribution is 5.48. The van der Waals surface area contributed by atoms with Gasteiger partial charge in [0.15, 0.2) is 0 Å². The molecule has 3 N–H and O–H groups in total. The maximum atomic E-state index is 9.00. The van der Waals surface area contributed by atoms with Gasteiger partial charge in [-0.1, -0.05) is 49.3 Å². The van der Waals surface area contributed by atoms with Gasteiger partial charge >= 0.3 is 0 Å². The molecule has 0 radical (unpaired) electrons. The summed E-state index contributed by atoms with van der Waals surface area (Å²) in [6.07, 6.45) is 12.6. The Balaban J connectivity index is 2.22. The van der Waals surface area contributed by atoms with Crippen LogP contribution in [0.2, 0.25) is 0 Å². The quantitative estimate of drug-likeness (QED) is 0.718. The summed E-state index contributed by atoms with van der Waals surface area (Å²) < 4.78 is 0. The molecule has 0 aromatic heterocycles. The zero-order chi connectivity index (χ0) is 12.5. The zero-order valence-electron chi connectivity index (χ0n) is 10.6. The van der Waals surface area contributed by atoms with E-state index in [4.69, 9.17) is 10.8 Å². The van der Waals surface area contributed by atoms with Gasteiger partial charge in [-0.05, 0) is 30.9 Å². The first kappa shape index (κ1) is 12.3. The van der Waals surface area contributed by atoms with Gasteiger partial charge in [0.05, 0.1) is 0 Å². The lowest BCUT2D eigenvalue weighted by atomic mass is 9.79. The van der Waals surface area contributed by atoms with E-state index in [0.29, 0.717) is 0 Å². The molecule has 0 aromatic rings. The van der Waals surface area contributed by atoms with Gasteiger partial charge in [0.1, 0.15) is 6.23 Å². The molecule has 0 fully saturated rings. The highest BCUT2D eigenvalue weighted by Crippen LogP contribution is 2.50. The summed E-state index contributed by atoms with van der Waals surface area (Å²) in [5.41, 5.74) is 9.90. The number of aliphatic hydroxyl groups is 1. The third kappa shape index (κ3) is 2.43. The first-order chi connectivity index (χ1) is 8.01. The molecule has 0 amide bonds. The van der Waals surface area contributed by atoms with Crippen LogP contribution in [0.5, 0.6) is 0 Å². The Morgan fingerprint density at radius 3 is 2.88 bits per heavy atom. The predicted octanol–water partition coefficient (Wildman–Crippen LogP) is 2.82. The van der Waals surface area contributed by atoms with Crippen LogP contribution in [0.25, 0.3) is 0 Å². The minimum absolute atomic E-state index is 0.157. The summed E-state index contributed by atoms with van der Waals surface area (Å²) in [6, 6.07) is 0. The monoisotopic (exact) mass is 231 g/mol. The fraction of sp³-hybridized carbons (Fsp3) is 0.467. The summed E-state index contributed by atoms with van der Waals surface area (Å²) in [5.74, 6) is 0. The molecule has 2 rings (SSSR count). The van der Waals surface area contributed by atoms with E-state index < -0.39 is 6.23 Å². The van der Waals surface area contributed by atoms with E-state index in [1.807, 2.05) is 6.08 Å². The smallest absolute Gasteiger partial charge is 0.121 e. The third-order valence-corrected chi connectivity index (χ3v) is 3.81. The fourth-order valence-electron chi connectivity index (χ4n) is 2.77. The summed E-state index contributed by atoms with van der Waals surface area (Å²) in [7, 11) is 0. The molecule has 0 aromatic carbocycles. The molecule has 2 heteroatoms. The second-order valence-corrected chi connectivity index (χ2v) is 5.31. The molecule has 17 heavy (non-hydrogen) atoms. The predicted molar refractivity (Wildman–Crippen MR) is 71.2 cm³/mol. The van der Waals surface area contributed by atoms with Crippen molar-refractivity contribution in [2.24, 2.45) is 11.1 Å². The SMILES string of the molecule is CC1(C)C2=C(C=CCC2)C/C1=C\C=C/C(N)O. The lowest BCUT2D eigenvalue weighted by Gasteiger charge is -2.26. The van der Waals surface area contributed by atoms with Crippen LogP contribution in [-0.4, -0.2) is 11.3 Å². The standard InChI is InChI=1S/C15H21NO/c1-15(2)12(7-5-9-14(16)17)10-11-6-3-4-8-13(11)15/h3,5-7,9,14,17H,4,8,10,16H2,1-2H3/b9-5-,12-7+. The van der Waals surface area contributed by atoms with E-state index >= 15 is 0 Å². The number of rotatable bonds is 2. The van der Waals surface area contributed by atoms with E-state index in [9.17, 15) is 0 Å². The van der Waals surface area contributed by atoms with E-state index in [1.165, 1.54) is 17.6 Å². The molecule has 0 heterocycles. The van der Waals surface area contributed by atoms with E-state index in [0.717, 1.165) is 12.8 Å². The van der Waals surface area contributed by atoms with Crippen molar-refractivity contribution >= 4 is 0 Å². The number of aliphatic hydroxyl groups excluding tert-OH is 1. The number of nitrogens with two attached hydrogens (primary N) is 1. The lowest BCUT2D eigenvalue weighted by Crippen LogP contribution is -2.15. The number of hydrogen-bond acceptors (Lipinski definition) is 2. The molecule has 0 aliphatic heterocycles. The molecule has 2 aliphatic carbocycles. The Morgan fingerprint density at radius 1 is 1.47 bits per heavy atom. The highest BCUT2D eigenvalue weighted by atomic mass is 16.3. The first-order valence-corrected chi connectivity index (χ1v) is 6.22. The summed E-state index contributed by atoms with van der Waals surface area (Å²) >= 11 is 0. The normalized spacial score (nSPS) is 26.9. The Kier molecular flexibility index (Phi) is 3.36. The molecule has 1 unspecified atom stereocenters. The van der Waals surface area contributed by atoms with Gasteiger partial charge < -0.3 is 10.8 Å². The minimum atomic E-state index is -0.862. The Bertz CT molecular complexity index is 422. The van der Waals surface area contributed by atoms with Gasteiger partial charge in [0.2, 0.25) is 0 Å². The van der Waals surface area contributed by atoms with Crippen LogP contribution in [0.4, 0.5) is 0 Å². The zero-order valence-corrected chi connectivity index (χ0v) is 10.6. The summed E-state index contributed by atoms with van der Waals surface area (Å²) in [5, 5.41) is 9.00. The topological polar surface area (TPSA) is 46.2 Å². The maximum Gasteiger partial charge on any atom is 0.121 e. The number of allylic oxidation sites excluding steroid dienone is 7. The first-order valence-electron chi connectivity index (χ1n) is 6.22. The van der Waals surface area contributed by atoms with Gasteiger partial charge in [-0.2, -0.15) is 0 Å². The van der Waals surface area contributed by atoms with E-state index in [1.54, 1.807) is 11.6 Å². The van der Waals surface area contributed by atoms with Crippen molar-refractivity contribution in [1.29, 1.82) is 0 Å². The van der Waals surface area contributed by atoms with Crippen LogP contribution in [0.1, 0.15) is 33.1 Å². The van der Waals surface area contributed by atoms with Crippen LogP contribution in [0, 0.1) is 5.41 Å². The van der Waals surface area contributed by atoms with Crippen molar-refractivity contribution in [3.05, 3.63) is 47.1 Å². The average molecular weight is 231 g/mol. The fourth-order valence-corrected chi connectivity index (χ4v) is 2.77. The van der Waals surface area contributed by atoms with E-state index in [2.05, 4.69) is 32.1 Å². The molecule has 0 saturated carbocycles. The van der Waals surface area contributed by atoms with Crippen molar-refractivity contribution in [2.75, 3.05) is 0 Å². The largest absolute Gasteiger partial charge is 0.375 e. The Morgan fingerprint density at radius 2 is 2.24 bits per heavy atom. The van der Waals surface area contributed by atoms with Gasteiger partial charge in [0, 0.05) is 5.41 Å². The van der Waals surface area contributed by atoms with Crippen LogP contribution in [-0.2, 0) is 0 Å². The van der Waals surface area contributed by atoms with E-state index in [-0.39, 0.29) is 5.41 Å². The average Bonchev–Trinajstić information content (AvgIpc) is 2.51. The van der Waals surface area contributed by atoms with Gasteiger partial charge in [-0.15, -0.1) is 0 Å². The molecule has 92 valence electrons. The molecule has 2 aliphatic rings. The highest BCUT2D eigenvalue weighted by Gasteiger charge is 2.35. The number of hydrogen-bond donors (Lipinski definition) is 2. The van der Waals surface area contributed by atoms with Gasteiger partial charge in [-0.3, -0.25) is 0 Å². The van der Waals surface area contributed by atoms with Crippen LogP contribution >= 0.6 is 0 Å². The lowest BCUT2D eigenvalue weighted by molar-refractivity contribution is 0.232. The molecular formula is C15H21NO. The van der Waals surface area contributed by atoms with Gasteiger partial charge in [0.25, 0.3) is 0 Å². The molecule has 1 atom stereocenters. The van der Waals surface area contributed by atoms with Crippen molar-refractivity contribution in [3.63, 3.8) is 0 Å². The van der Waals surface area contributed by atoms with Crippen LogP contribution in [0.3, 0.4) is 0 Å². The van der Waals surface area contributed by atoms with Crippen LogP contribution in [0.15, 0.2) is 47.1 Å². The maximum absolute atomic E-state index is 9.00. The van der Waals surface area contributed by atoms with Crippen LogP contribution < -0.4 is 5.73 Å². The molecule has 0 bridgehead atoms. The Hall–Kier alpha value is -1.12. The minimum Gasteiger partial charge on any atom is -0.375 e.